The van der Waals surface area contributed by atoms with E-state index in [2.05, 4.69) is 4.98 Å². The number of ketones is 1. The Kier molecular flexibility index (Phi) is 4.19. The van der Waals surface area contributed by atoms with Gasteiger partial charge in [-0.25, -0.2) is 4.98 Å². The molecule has 1 aliphatic rings. The zero-order valence-electron chi connectivity index (χ0n) is 12.4. The molecule has 1 aromatic carbocycles. The molecule has 0 unspecified atom stereocenters. The summed E-state index contributed by atoms with van der Waals surface area (Å²) in [5, 5.41) is 0. The van der Waals surface area contributed by atoms with Crippen LogP contribution in [0, 0.1) is 6.92 Å². The second kappa shape index (κ2) is 6.43. The van der Waals surface area contributed by atoms with Crippen LogP contribution in [0.4, 0.5) is 0 Å². The highest BCUT2D eigenvalue weighted by Gasteiger charge is 2.20. The maximum atomic E-state index is 11.4. The lowest BCUT2D eigenvalue weighted by molar-refractivity contribution is -0.118. The third kappa shape index (κ3) is 3.34. The highest BCUT2D eigenvalue weighted by molar-refractivity contribution is 5.90. The molecule has 4 heteroatoms. The SMILES string of the molecule is Cc1cc([C@H]2CC(=O)C=CO2)cnc1OCc1ccccc1. The van der Waals surface area contributed by atoms with Gasteiger partial charge in [0.1, 0.15) is 12.7 Å². The largest absolute Gasteiger partial charge is 0.493 e. The first-order chi connectivity index (χ1) is 10.7. The lowest BCUT2D eigenvalue weighted by Gasteiger charge is -2.19. The summed E-state index contributed by atoms with van der Waals surface area (Å²) in [6.07, 6.45) is 4.71. The first-order valence-corrected chi connectivity index (χ1v) is 7.20. The molecular weight excluding hydrogens is 278 g/mol. The Labute approximate surface area is 129 Å². The molecule has 4 nitrogen and oxygen atoms in total. The van der Waals surface area contributed by atoms with Crippen molar-refractivity contribution in [3.63, 3.8) is 0 Å². The van der Waals surface area contributed by atoms with Crippen molar-refractivity contribution >= 4 is 5.78 Å². The predicted octanol–water partition coefficient (Wildman–Crippen LogP) is 3.51. The first-order valence-electron chi connectivity index (χ1n) is 7.20. The molecule has 1 aromatic heterocycles. The number of carbonyl (C=O) groups is 1. The van der Waals surface area contributed by atoms with Gasteiger partial charge >= 0.3 is 0 Å². The van der Waals surface area contributed by atoms with Crippen molar-refractivity contribution in [3.05, 3.63) is 71.6 Å². The summed E-state index contributed by atoms with van der Waals surface area (Å²) in [7, 11) is 0. The van der Waals surface area contributed by atoms with E-state index in [1.165, 1.54) is 12.3 Å². The minimum Gasteiger partial charge on any atom is -0.493 e. The normalized spacial score (nSPS) is 17.1. The van der Waals surface area contributed by atoms with Crippen LogP contribution in [0.2, 0.25) is 0 Å². The summed E-state index contributed by atoms with van der Waals surface area (Å²) in [5.41, 5.74) is 2.92. The van der Waals surface area contributed by atoms with Crippen molar-refractivity contribution in [2.45, 2.75) is 26.1 Å². The molecule has 0 saturated heterocycles. The molecule has 0 bridgehead atoms. The molecule has 22 heavy (non-hydrogen) atoms. The van der Waals surface area contributed by atoms with E-state index in [-0.39, 0.29) is 11.9 Å². The fourth-order valence-electron chi connectivity index (χ4n) is 2.34. The minimum absolute atomic E-state index is 0.0679. The summed E-state index contributed by atoms with van der Waals surface area (Å²) < 4.78 is 11.2. The van der Waals surface area contributed by atoms with Crippen LogP contribution in [0.3, 0.4) is 0 Å². The molecule has 1 aliphatic heterocycles. The first kappa shape index (κ1) is 14.3. The van der Waals surface area contributed by atoms with Gasteiger partial charge in [0.25, 0.3) is 0 Å². The van der Waals surface area contributed by atoms with Crippen LogP contribution in [0.1, 0.15) is 29.2 Å². The van der Waals surface area contributed by atoms with E-state index >= 15 is 0 Å². The van der Waals surface area contributed by atoms with Gasteiger partial charge in [-0.2, -0.15) is 0 Å². The minimum atomic E-state index is -0.258. The Hall–Kier alpha value is -2.62. The van der Waals surface area contributed by atoms with Crippen LogP contribution in [-0.4, -0.2) is 10.8 Å². The summed E-state index contributed by atoms with van der Waals surface area (Å²) in [6.45, 7) is 2.42. The Balaban J connectivity index is 1.69. The van der Waals surface area contributed by atoms with Crippen molar-refractivity contribution < 1.29 is 14.3 Å². The van der Waals surface area contributed by atoms with Gasteiger partial charge in [-0.1, -0.05) is 30.3 Å². The summed E-state index contributed by atoms with van der Waals surface area (Å²) >= 11 is 0. The van der Waals surface area contributed by atoms with Gasteiger partial charge in [0.15, 0.2) is 5.78 Å². The summed E-state index contributed by atoms with van der Waals surface area (Å²) in [5.74, 6) is 0.670. The number of hydrogen-bond donors (Lipinski definition) is 0. The number of pyridine rings is 1. The fourth-order valence-corrected chi connectivity index (χ4v) is 2.34. The number of carbonyl (C=O) groups excluding carboxylic acids is 1. The van der Waals surface area contributed by atoms with Gasteiger partial charge in [-0.15, -0.1) is 0 Å². The Bertz CT molecular complexity index is 695. The molecule has 0 spiro atoms. The third-order valence-corrected chi connectivity index (χ3v) is 3.52. The monoisotopic (exact) mass is 295 g/mol. The quantitative estimate of drug-likeness (QED) is 0.866. The molecule has 2 aromatic rings. The van der Waals surface area contributed by atoms with Gasteiger partial charge in [-0.05, 0) is 18.6 Å². The van der Waals surface area contributed by atoms with Crippen molar-refractivity contribution in [1.82, 2.24) is 4.98 Å². The van der Waals surface area contributed by atoms with Crippen molar-refractivity contribution in [3.8, 4) is 5.88 Å². The lowest BCUT2D eigenvalue weighted by Crippen LogP contribution is -2.12. The number of aryl methyl sites for hydroxylation is 1. The Morgan fingerprint density at radius 1 is 1.32 bits per heavy atom. The Morgan fingerprint density at radius 2 is 2.14 bits per heavy atom. The zero-order chi connectivity index (χ0) is 15.4. The molecule has 0 fully saturated rings. The van der Waals surface area contributed by atoms with Crippen LogP contribution in [0.25, 0.3) is 0 Å². The van der Waals surface area contributed by atoms with E-state index in [4.69, 9.17) is 9.47 Å². The van der Waals surface area contributed by atoms with Crippen LogP contribution in [0.5, 0.6) is 5.88 Å². The van der Waals surface area contributed by atoms with E-state index < -0.39 is 0 Å². The number of benzene rings is 1. The molecule has 0 saturated carbocycles. The fraction of sp³-hybridized carbons (Fsp3) is 0.222. The highest BCUT2D eigenvalue weighted by Crippen LogP contribution is 2.27. The van der Waals surface area contributed by atoms with Gasteiger partial charge in [0, 0.05) is 23.4 Å². The topological polar surface area (TPSA) is 48.4 Å². The van der Waals surface area contributed by atoms with Gasteiger partial charge in [-0.3, -0.25) is 4.79 Å². The molecule has 0 N–H and O–H groups in total. The maximum Gasteiger partial charge on any atom is 0.216 e. The molecule has 0 amide bonds. The average molecular weight is 295 g/mol. The predicted molar refractivity (Wildman–Crippen MR) is 82.3 cm³/mol. The second-order valence-electron chi connectivity index (χ2n) is 5.26. The van der Waals surface area contributed by atoms with Crippen LogP contribution < -0.4 is 4.74 Å². The number of allylic oxidation sites excluding steroid dienone is 1. The van der Waals surface area contributed by atoms with Gasteiger partial charge < -0.3 is 9.47 Å². The van der Waals surface area contributed by atoms with Gasteiger partial charge in [0.05, 0.1) is 12.7 Å². The Morgan fingerprint density at radius 3 is 2.86 bits per heavy atom. The average Bonchev–Trinajstić information content (AvgIpc) is 2.54. The van der Waals surface area contributed by atoms with Crippen LogP contribution in [-0.2, 0) is 16.1 Å². The summed E-state index contributed by atoms with van der Waals surface area (Å²) in [4.78, 5) is 15.8. The zero-order valence-corrected chi connectivity index (χ0v) is 12.4. The van der Waals surface area contributed by atoms with Crippen molar-refractivity contribution in [2.24, 2.45) is 0 Å². The summed E-state index contributed by atoms with van der Waals surface area (Å²) in [6, 6.07) is 11.9. The molecule has 0 radical (unpaired) electrons. The van der Waals surface area contributed by atoms with Crippen LogP contribution in [0.15, 0.2) is 54.9 Å². The van der Waals surface area contributed by atoms with Crippen LogP contribution >= 0.6 is 0 Å². The standard InChI is InChI=1S/C18H17NO3/c1-13-9-15(17-10-16(20)7-8-21-17)11-19-18(13)22-12-14-5-3-2-4-6-14/h2-9,11,17H,10,12H2,1H3/t17-/m1/s1. The maximum absolute atomic E-state index is 11.4. The van der Waals surface area contributed by atoms with E-state index in [9.17, 15) is 4.79 Å². The molecule has 3 rings (SSSR count). The molecular formula is C18H17NO3. The van der Waals surface area contributed by atoms with Crippen molar-refractivity contribution in [1.29, 1.82) is 0 Å². The number of hydrogen-bond acceptors (Lipinski definition) is 4. The highest BCUT2D eigenvalue weighted by atomic mass is 16.5. The molecule has 1 atom stereocenters. The lowest BCUT2D eigenvalue weighted by atomic mass is 10.0. The van der Waals surface area contributed by atoms with E-state index in [1.54, 1.807) is 6.20 Å². The van der Waals surface area contributed by atoms with Crippen molar-refractivity contribution in [2.75, 3.05) is 0 Å². The number of nitrogens with zero attached hydrogens (tertiary/aromatic N) is 1. The molecule has 112 valence electrons. The van der Waals surface area contributed by atoms with E-state index in [0.717, 1.165) is 16.7 Å². The smallest absolute Gasteiger partial charge is 0.216 e. The van der Waals surface area contributed by atoms with Gasteiger partial charge in [0.2, 0.25) is 5.88 Å². The van der Waals surface area contributed by atoms with E-state index in [1.807, 2.05) is 43.3 Å². The second-order valence-corrected chi connectivity index (χ2v) is 5.26. The number of ether oxygens (including phenoxy) is 2. The third-order valence-electron chi connectivity index (χ3n) is 3.52. The molecule has 0 aliphatic carbocycles. The number of rotatable bonds is 4. The number of aromatic nitrogens is 1. The molecule has 2 heterocycles. The van der Waals surface area contributed by atoms with E-state index in [0.29, 0.717) is 18.9 Å².